The lowest BCUT2D eigenvalue weighted by Crippen LogP contribution is -2.31. The molecular weight excluding hydrogens is 332 g/mol. The summed E-state index contributed by atoms with van der Waals surface area (Å²) in [5, 5.41) is 7.59. The first kappa shape index (κ1) is 14.3. The first-order chi connectivity index (χ1) is 8.94. The maximum absolute atomic E-state index is 11.7. The van der Waals surface area contributed by atoms with Gasteiger partial charge in [0, 0.05) is 23.0 Å². The molecule has 0 aliphatic carbocycles. The molecule has 0 radical (unpaired) electrons. The third-order valence-corrected chi connectivity index (χ3v) is 4.98. The minimum atomic E-state index is -3.62. The number of halogens is 1. The van der Waals surface area contributed by atoms with Crippen LogP contribution in [0.2, 0.25) is 0 Å². The average Bonchev–Trinajstić information content (AvgIpc) is 2.82. The van der Waals surface area contributed by atoms with E-state index in [1.165, 1.54) is 6.92 Å². The Kier molecular flexibility index (Phi) is 4.13. The van der Waals surface area contributed by atoms with Gasteiger partial charge < -0.3 is 4.74 Å². The molecular formula is C12H13BrN2O3S. The van der Waals surface area contributed by atoms with Gasteiger partial charge in [-0.25, -0.2) is 13.1 Å². The summed E-state index contributed by atoms with van der Waals surface area (Å²) < 4.78 is 32.3. The fourth-order valence-corrected chi connectivity index (χ4v) is 3.15. The first-order valence-corrected chi connectivity index (χ1v) is 8.10. The van der Waals surface area contributed by atoms with Crippen molar-refractivity contribution in [3.05, 3.63) is 27.7 Å². The van der Waals surface area contributed by atoms with Gasteiger partial charge in [-0.3, -0.25) is 0 Å². The highest BCUT2D eigenvalue weighted by molar-refractivity contribution is 9.10. The zero-order valence-electron chi connectivity index (χ0n) is 10.3. The third-order valence-electron chi connectivity index (χ3n) is 2.94. The molecule has 1 aromatic carbocycles. The standard InChI is InChI=1S/C12H13BrN2O3S/c1-8(6-14)19(16,17)15-7-10-5-11(13)4-9-2-3-18-12(9)10/h4-5,8,15H,2-3,7H2,1H3. The molecule has 1 aliphatic heterocycles. The van der Waals surface area contributed by atoms with E-state index in [2.05, 4.69) is 20.7 Å². The molecule has 1 aromatic rings. The zero-order chi connectivity index (χ0) is 14.0. The summed E-state index contributed by atoms with van der Waals surface area (Å²) in [6.45, 7) is 2.08. The van der Waals surface area contributed by atoms with Crippen LogP contribution >= 0.6 is 15.9 Å². The number of sulfonamides is 1. The summed E-state index contributed by atoms with van der Waals surface area (Å²) in [4.78, 5) is 0. The molecule has 5 nitrogen and oxygen atoms in total. The second-order valence-electron chi connectivity index (χ2n) is 4.29. The van der Waals surface area contributed by atoms with Crippen LogP contribution < -0.4 is 9.46 Å². The minimum absolute atomic E-state index is 0.121. The van der Waals surface area contributed by atoms with Gasteiger partial charge in [0.1, 0.15) is 5.75 Å². The summed E-state index contributed by atoms with van der Waals surface area (Å²) >= 11 is 3.39. The molecule has 0 saturated heterocycles. The Hall–Kier alpha value is -1.10. The van der Waals surface area contributed by atoms with E-state index in [0.717, 1.165) is 27.8 Å². The number of ether oxygens (including phenoxy) is 1. The van der Waals surface area contributed by atoms with E-state index < -0.39 is 15.3 Å². The predicted octanol–water partition coefficient (Wildman–Crippen LogP) is 1.72. The smallest absolute Gasteiger partial charge is 0.227 e. The number of rotatable bonds is 4. The molecule has 19 heavy (non-hydrogen) atoms. The van der Waals surface area contributed by atoms with Gasteiger partial charge in [-0.2, -0.15) is 5.26 Å². The van der Waals surface area contributed by atoms with Crippen molar-refractivity contribution >= 4 is 26.0 Å². The number of hydrogen-bond donors (Lipinski definition) is 1. The van der Waals surface area contributed by atoms with Crippen molar-refractivity contribution in [2.24, 2.45) is 0 Å². The fourth-order valence-electron chi connectivity index (χ4n) is 1.85. The molecule has 1 unspecified atom stereocenters. The first-order valence-electron chi connectivity index (χ1n) is 5.76. The lowest BCUT2D eigenvalue weighted by molar-refractivity contribution is 0.353. The molecule has 7 heteroatoms. The molecule has 1 N–H and O–H groups in total. The van der Waals surface area contributed by atoms with Crippen molar-refractivity contribution in [2.45, 2.75) is 25.1 Å². The van der Waals surface area contributed by atoms with Crippen LogP contribution in [0, 0.1) is 11.3 Å². The van der Waals surface area contributed by atoms with E-state index >= 15 is 0 Å². The lowest BCUT2D eigenvalue weighted by Gasteiger charge is -2.11. The van der Waals surface area contributed by atoms with Gasteiger partial charge in [0.15, 0.2) is 5.25 Å². The van der Waals surface area contributed by atoms with E-state index in [4.69, 9.17) is 10.00 Å². The van der Waals surface area contributed by atoms with E-state index in [1.54, 1.807) is 6.07 Å². The van der Waals surface area contributed by atoms with Gasteiger partial charge >= 0.3 is 0 Å². The Balaban J connectivity index is 2.20. The molecule has 0 amide bonds. The molecule has 1 heterocycles. The van der Waals surface area contributed by atoms with Crippen molar-refractivity contribution in [1.29, 1.82) is 5.26 Å². The molecule has 0 fully saturated rings. The summed E-state index contributed by atoms with van der Waals surface area (Å²) in [5.74, 6) is 0.746. The summed E-state index contributed by atoms with van der Waals surface area (Å²) in [5.41, 5.74) is 1.84. The minimum Gasteiger partial charge on any atom is -0.493 e. The van der Waals surface area contributed by atoms with Crippen LogP contribution in [0.1, 0.15) is 18.1 Å². The van der Waals surface area contributed by atoms with E-state index in [9.17, 15) is 8.42 Å². The van der Waals surface area contributed by atoms with Crippen LogP contribution in [0.3, 0.4) is 0 Å². The van der Waals surface area contributed by atoms with Crippen LogP contribution in [0.5, 0.6) is 5.75 Å². The Bertz CT molecular complexity index is 637. The molecule has 0 aromatic heterocycles. The summed E-state index contributed by atoms with van der Waals surface area (Å²) in [7, 11) is -3.62. The highest BCUT2D eigenvalue weighted by atomic mass is 79.9. The highest BCUT2D eigenvalue weighted by Crippen LogP contribution is 2.32. The maximum atomic E-state index is 11.7. The third kappa shape index (κ3) is 3.08. The summed E-state index contributed by atoms with van der Waals surface area (Å²) in [6, 6.07) is 5.51. The molecule has 0 bridgehead atoms. The van der Waals surface area contributed by atoms with Gasteiger partial charge in [0.2, 0.25) is 10.0 Å². The molecule has 1 aliphatic rings. The molecule has 102 valence electrons. The van der Waals surface area contributed by atoms with Crippen molar-refractivity contribution in [2.75, 3.05) is 6.61 Å². The molecule has 0 saturated carbocycles. The van der Waals surface area contributed by atoms with E-state index in [-0.39, 0.29) is 6.54 Å². The monoisotopic (exact) mass is 344 g/mol. The molecule has 1 atom stereocenters. The van der Waals surface area contributed by atoms with Crippen molar-refractivity contribution in [3.8, 4) is 11.8 Å². The van der Waals surface area contributed by atoms with Crippen molar-refractivity contribution in [3.63, 3.8) is 0 Å². The van der Waals surface area contributed by atoms with E-state index in [0.29, 0.717) is 6.61 Å². The zero-order valence-corrected chi connectivity index (χ0v) is 12.7. The highest BCUT2D eigenvalue weighted by Gasteiger charge is 2.22. The lowest BCUT2D eigenvalue weighted by atomic mass is 10.1. The van der Waals surface area contributed by atoms with Gasteiger partial charge in [-0.1, -0.05) is 15.9 Å². The number of nitrogens with zero attached hydrogens (tertiary/aromatic N) is 1. The quantitative estimate of drug-likeness (QED) is 0.901. The van der Waals surface area contributed by atoms with Crippen molar-refractivity contribution < 1.29 is 13.2 Å². The van der Waals surface area contributed by atoms with Gasteiger partial charge in [0.25, 0.3) is 0 Å². The van der Waals surface area contributed by atoms with Crippen LogP contribution in [0.4, 0.5) is 0 Å². The number of nitrogens with one attached hydrogen (secondary N) is 1. The Morgan fingerprint density at radius 1 is 1.58 bits per heavy atom. The Morgan fingerprint density at radius 2 is 2.32 bits per heavy atom. The fraction of sp³-hybridized carbons (Fsp3) is 0.417. The number of nitriles is 1. The molecule has 0 spiro atoms. The second kappa shape index (κ2) is 5.49. The Morgan fingerprint density at radius 3 is 3.00 bits per heavy atom. The number of fused-ring (bicyclic) bond motifs is 1. The SMILES string of the molecule is CC(C#N)S(=O)(=O)NCc1cc(Br)cc2c1OCC2. The van der Waals surface area contributed by atoms with Crippen LogP contribution in [-0.2, 0) is 23.0 Å². The predicted molar refractivity (Wildman–Crippen MR) is 74.2 cm³/mol. The Labute approximate surface area is 120 Å². The van der Waals surface area contributed by atoms with Gasteiger partial charge in [0.05, 0.1) is 12.7 Å². The number of hydrogen-bond acceptors (Lipinski definition) is 4. The van der Waals surface area contributed by atoms with E-state index in [1.807, 2.05) is 12.1 Å². The normalized spacial score (nSPS) is 15.4. The maximum Gasteiger partial charge on any atom is 0.227 e. The van der Waals surface area contributed by atoms with Crippen molar-refractivity contribution in [1.82, 2.24) is 4.72 Å². The van der Waals surface area contributed by atoms with Crippen LogP contribution in [0.25, 0.3) is 0 Å². The molecule has 2 rings (SSSR count). The average molecular weight is 345 g/mol. The van der Waals surface area contributed by atoms with Crippen LogP contribution in [0.15, 0.2) is 16.6 Å². The second-order valence-corrected chi connectivity index (χ2v) is 7.29. The van der Waals surface area contributed by atoms with Gasteiger partial charge in [-0.15, -0.1) is 0 Å². The summed E-state index contributed by atoms with van der Waals surface area (Å²) in [6.07, 6.45) is 0.823. The van der Waals surface area contributed by atoms with Gasteiger partial charge in [-0.05, 0) is 24.6 Å². The van der Waals surface area contributed by atoms with Crippen LogP contribution in [-0.4, -0.2) is 20.3 Å². The largest absolute Gasteiger partial charge is 0.493 e. The number of benzene rings is 1. The topological polar surface area (TPSA) is 79.2 Å².